The van der Waals surface area contributed by atoms with Crippen LogP contribution in [0.2, 0.25) is 0 Å². The first kappa shape index (κ1) is 15.6. The number of urea groups is 1. The molecule has 23 heavy (non-hydrogen) atoms. The van der Waals surface area contributed by atoms with Gasteiger partial charge in [-0.3, -0.25) is 10.3 Å². The summed E-state index contributed by atoms with van der Waals surface area (Å²) in [7, 11) is 0. The lowest BCUT2D eigenvalue weighted by molar-refractivity contribution is 0.208. The van der Waals surface area contributed by atoms with E-state index in [0.29, 0.717) is 24.1 Å². The van der Waals surface area contributed by atoms with Crippen molar-refractivity contribution in [2.24, 2.45) is 0 Å². The zero-order valence-corrected chi connectivity index (χ0v) is 14.0. The smallest absolute Gasteiger partial charge is 0.323 e. The topological polar surface area (TPSA) is 87.1 Å². The summed E-state index contributed by atoms with van der Waals surface area (Å²) in [4.78, 5) is 24.6. The van der Waals surface area contributed by atoms with Crippen LogP contribution in [0.25, 0.3) is 0 Å². The third-order valence-corrected chi connectivity index (χ3v) is 4.73. The molecule has 0 radical (unpaired) electrons. The second-order valence-corrected chi connectivity index (χ2v) is 6.58. The summed E-state index contributed by atoms with van der Waals surface area (Å²) in [5.74, 6) is 1.16. The van der Waals surface area contributed by atoms with Crippen LogP contribution >= 0.6 is 11.3 Å². The van der Waals surface area contributed by atoms with Crippen LogP contribution in [0, 0.1) is 0 Å². The number of carbonyl (C=O) groups is 1. The molecule has 1 N–H and O–H groups in total. The number of nitrogens with one attached hydrogen (secondary N) is 1. The molecule has 1 aliphatic rings. The second-order valence-electron chi connectivity index (χ2n) is 5.57. The van der Waals surface area contributed by atoms with Gasteiger partial charge >= 0.3 is 6.03 Å². The van der Waals surface area contributed by atoms with Crippen LogP contribution in [-0.4, -0.2) is 57.3 Å². The fraction of sp³-hybridized carbons (Fsp3) is 0.500. The third kappa shape index (κ3) is 3.73. The summed E-state index contributed by atoms with van der Waals surface area (Å²) in [6, 6.07) is -0.129. The van der Waals surface area contributed by atoms with E-state index in [1.807, 2.05) is 0 Å². The van der Waals surface area contributed by atoms with Crippen LogP contribution < -0.4 is 10.2 Å². The fourth-order valence-electron chi connectivity index (χ4n) is 2.28. The van der Waals surface area contributed by atoms with Crippen molar-refractivity contribution in [3.05, 3.63) is 23.6 Å². The zero-order valence-electron chi connectivity index (χ0n) is 13.1. The molecule has 0 aliphatic carbocycles. The minimum absolute atomic E-state index is 0.129. The summed E-state index contributed by atoms with van der Waals surface area (Å²) < 4.78 is 0. The van der Waals surface area contributed by atoms with Gasteiger partial charge in [0.2, 0.25) is 5.13 Å². The number of rotatable bonds is 3. The average molecular weight is 333 g/mol. The first-order valence-corrected chi connectivity index (χ1v) is 8.35. The van der Waals surface area contributed by atoms with E-state index >= 15 is 0 Å². The molecule has 0 unspecified atom stereocenters. The Kier molecular flexibility index (Phi) is 4.65. The van der Waals surface area contributed by atoms with Crippen molar-refractivity contribution in [3.8, 4) is 0 Å². The quantitative estimate of drug-likeness (QED) is 0.922. The normalized spacial score (nSPS) is 15.1. The monoisotopic (exact) mass is 333 g/mol. The highest BCUT2D eigenvalue weighted by Gasteiger charge is 2.23. The van der Waals surface area contributed by atoms with Crippen LogP contribution in [-0.2, 0) is 0 Å². The molecule has 2 amide bonds. The maximum Gasteiger partial charge on any atom is 0.323 e. The highest BCUT2D eigenvalue weighted by molar-refractivity contribution is 7.15. The van der Waals surface area contributed by atoms with Gasteiger partial charge in [0, 0.05) is 44.5 Å². The molecule has 0 bridgehead atoms. The maximum atomic E-state index is 12.3. The molecule has 1 saturated heterocycles. The van der Waals surface area contributed by atoms with Crippen molar-refractivity contribution >= 4 is 28.3 Å². The number of nitrogens with zero attached hydrogens (tertiary/aromatic N) is 6. The van der Waals surface area contributed by atoms with Gasteiger partial charge < -0.3 is 9.80 Å². The van der Waals surface area contributed by atoms with E-state index in [9.17, 15) is 4.79 Å². The first-order chi connectivity index (χ1) is 11.1. The Labute approximate surface area is 138 Å². The van der Waals surface area contributed by atoms with E-state index < -0.39 is 0 Å². The zero-order chi connectivity index (χ0) is 16.2. The molecule has 3 rings (SSSR count). The Bertz CT molecular complexity index is 652. The molecule has 1 fully saturated rings. The predicted molar refractivity (Wildman–Crippen MR) is 88.8 cm³/mol. The summed E-state index contributed by atoms with van der Waals surface area (Å²) in [5.41, 5.74) is 0. The number of anilines is 2. The van der Waals surface area contributed by atoms with Gasteiger partial charge in [-0.1, -0.05) is 25.2 Å². The SMILES string of the molecule is CC(C)c1nnc(NC(=O)N2CCN(c3cnccn3)CC2)s1. The number of aromatic nitrogens is 4. The van der Waals surface area contributed by atoms with Gasteiger partial charge in [0.1, 0.15) is 10.8 Å². The maximum absolute atomic E-state index is 12.3. The Morgan fingerprint density at radius 2 is 2.00 bits per heavy atom. The molecular weight excluding hydrogens is 314 g/mol. The molecule has 0 saturated carbocycles. The minimum Gasteiger partial charge on any atom is -0.352 e. The van der Waals surface area contributed by atoms with E-state index in [1.54, 1.807) is 23.5 Å². The van der Waals surface area contributed by atoms with Crippen molar-refractivity contribution in [2.45, 2.75) is 19.8 Å². The molecule has 0 atom stereocenters. The third-order valence-electron chi connectivity index (χ3n) is 3.59. The highest BCUT2D eigenvalue weighted by Crippen LogP contribution is 2.22. The van der Waals surface area contributed by atoms with Crippen LogP contribution in [0.3, 0.4) is 0 Å². The predicted octanol–water partition coefficient (Wildman–Crippen LogP) is 1.81. The van der Waals surface area contributed by atoms with E-state index in [2.05, 4.69) is 44.2 Å². The van der Waals surface area contributed by atoms with Gasteiger partial charge in [-0.15, -0.1) is 10.2 Å². The van der Waals surface area contributed by atoms with Gasteiger partial charge in [-0.2, -0.15) is 0 Å². The fourth-order valence-corrected chi connectivity index (χ4v) is 3.02. The molecule has 9 heteroatoms. The Morgan fingerprint density at radius 3 is 2.61 bits per heavy atom. The number of amides is 2. The lowest BCUT2D eigenvalue weighted by Gasteiger charge is -2.34. The number of hydrogen-bond acceptors (Lipinski definition) is 7. The van der Waals surface area contributed by atoms with Crippen molar-refractivity contribution in [2.75, 3.05) is 36.4 Å². The van der Waals surface area contributed by atoms with Gasteiger partial charge in [0.05, 0.1) is 6.20 Å². The van der Waals surface area contributed by atoms with Crippen LogP contribution in [0.4, 0.5) is 15.7 Å². The van der Waals surface area contributed by atoms with Crippen molar-refractivity contribution in [3.63, 3.8) is 0 Å². The average Bonchev–Trinajstić information content (AvgIpc) is 3.04. The van der Waals surface area contributed by atoms with Gasteiger partial charge in [0.25, 0.3) is 0 Å². The van der Waals surface area contributed by atoms with Gasteiger partial charge in [-0.05, 0) is 0 Å². The Morgan fingerprint density at radius 1 is 1.22 bits per heavy atom. The molecule has 2 aromatic heterocycles. The molecule has 3 heterocycles. The van der Waals surface area contributed by atoms with Crippen molar-refractivity contribution in [1.82, 2.24) is 25.1 Å². The lowest BCUT2D eigenvalue weighted by Crippen LogP contribution is -2.50. The molecule has 0 aromatic carbocycles. The Hall–Kier alpha value is -2.29. The van der Waals surface area contributed by atoms with Crippen LogP contribution in [0.1, 0.15) is 24.8 Å². The van der Waals surface area contributed by atoms with Crippen molar-refractivity contribution in [1.29, 1.82) is 0 Å². The molecule has 1 aliphatic heterocycles. The van der Waals surface area contributed by atoms with E-state index in [1.165, 1.54) is 11.3 Å². The summed E-state index contributed by atoms with van der Waals surface area (Å²) in [6.45, 7) is 6.85. The number of piperazine rings is 1. The summed E-state index contributed by atoms with van der Waals surface area (Å²) >= 11 is 1.42. The highest BCUT2D eigenvalue weighted by atomic mass is 32.1. The van der Waals surface area contributed by atoms with Gasteiger partial charge in [0.15, 0.2) is 0 Å². The lowest BCUT2D eigenvalue weighted by atomic mass is 10.2. The molecule has 0 spiro atoms. The molecule has 2 aromatic rings. The van der Waals surface area contributed by atoms with Gasteiger partial charge in [-0.25, -0.2) is 9.78 Å². The summed E-state index contributed by atoms with van der Waals surface area (Å²) in [5, 5.41) is 12.4. The first-order valence-electron chi connectivity index (χ1n) is 7.54. The van der Waals surface area contributed by atoms with Crippen LogP contribution in [0.5, 0.6) is 0 Å². The van der Waals surface area contributed by atoms with E-state index in [-0.39, 0.29) is 6.03 Å². The molecule has 8 nitrogen and oxygen atoms in total. The Balaban J connectivity index is 1.53. The number of hydrogen-bond donors (Lipinski definition) is 1. The largest absolute Gasteiger partial charge is 0.352 e. The van der Waals surface area contributed by atoms with E-state index in [0.717, 1.165) is 23.9 Å². The standard InChI is InChI=1S/C14H19N7OS/c1-10(2)12-18-19-13(23-12)17-14(22)21-7-5-20(6-8-21)11-9-15-3-4-16-11/h3-4,9-10H,5-8H2,1-2H3,(H,17,19,22). The minimum atomic E-state index is -0.129. The van der Waals surface area contributed by atoms with Crippen LogP contribution in [0.15, 0.2) is 18.6 Å². The summed E-state index contributed by atoms with van der Waals surface area (Å²) in [6.07, 6.45) is 5.07. The number of carbonyl (C=O) groups excluding carboxylic acids is 1. The van der Waals surface area contributed by atoms with Crippen molar-refractivity contribution < 1.29 is 4.79 Å². The molecule has 122 valence electrons. The second kappa shape index (κ2) is 6.86. The van der Waals surface area contributed by atoms with E-state index in [4.69, 9.17) is 0 Å². The molecular formula is C14H19N7OS.